The van der Waals surface area contributed by atoms with Crippen LogP contribution in [-0.2, 0) is 30.1 Å². The predicted molar refractivity (Wildman–Crippen MR) is 295 cm³/mol. The Morgan fingerprint density at radius 1 is 0.300 bits per heavy atom. The Kier molecular flexibility index (Phi) is 10.3. The van der Waals surface area contributed by atoms with Crippen molar-refractivity contribution in [1.29, 1.82) is 0 Å². The molecule has 0 aliphatic heterocycles. The van der Waals surface area contributed by atoms with Crippen molar-refractivity contribution in [3.63, 3.8) is 0 Å². The van der Waals surface area contributed by atoms with Gasteiger partial charge < -0.3 is 9.13 Å². The van der Waals surface area contributed by atoms with Crippen LogP contribution in [0, 0.1) is 0 Å². The van der Waals surface area contributed by atoms with E-state index in [1.165, 1.54) is 155 Å². The van der Waals surface area contributed by atoms with E-state index in [-0.39, 0.29) is 0 Å². The van der Waals surface area contributed by atoms with Gasteiger partial charge in [0.05, 0.1) is 32.9 Å². The van der Waals surface area contributed by atoms with Gasteiger partial charge in [-0.3, -0.25) is 0 Å². The fraction of sp³-hybridized carbons (Fsp3) is 0.206. The lowest BCUT2D eigenvalue weighted by molar-refractivity contribution is 0.553. The van der Waals surface area contributed by atoms with Gasteiger partial charge in [-0.2, -0.15) is 0 Å². The molecular weight excluding hydrogens is 845 g/mol. The van der Waals surface area contributed by atoms with Crippen molar-refractivity contribution in [3.05, 3.63) is 261 Å². The van der Waals surface area contributed by atoms with E-state index < -0.39 is 10.8 Å². The highest BCUT2D eigenvalue weighted by atomic mass is 15.0. The van der Waals surface area contributed by atoms with Crippen LogP contribution in [0.5, 0.6) is 0 Å². The number of fused-ring (bicyclic) bond motifs is 6. The average molecular weight is 905 g/mol. The molecule has 11 aromatic rings. The van der Waals surface area contributed by atoms with E-state index in [9.17, 15) is 0 Å². The second-order valence-corrected chi connectivity index (χ2v) is 20.3. The third-order valence-corrected chi connectivity index (χ3v) is 16.4. The smallest absolute Gasteiger partial charge is 0.0711 e. The molecule has 0 saturated carbocycles. The summed E-state index contributed by atoms with van der Waals surface area (Å²) in [4.78, 5) is 0. The first-order valence-electron chi connectivity index (χ1n) is 26.2. The molecule has 2 bridgehead atoms. The van der Waals surface area contributed by atoms with E-state index >= 15 is 0 Å². The van der Waals surface area contributed by atoms with Crippen LogP contribution in [0.15, 0.2) is 200 Å². The molecular formula is C68H60N2. The summed E-state index contributed by atoms with van der Waals surface area (Å²) in [5, 5.41) is 5.15. The molecule has 2 heteroatoms. The zero-order chi connectivity index (χ0) is 47.0. The number of rotatable bonds is 13. The van der Waals surface area contributed by atoms with Crippen LogP contribution >= 0.6 is 0 Å². The number of unbranched alkanes of at least 4 members (excludes halogenated alkanes) is 3. The number of aryl methyl sites for hydroxylation is 3. The maximum Gasteiger partial charge on any atom is 0.0711 e. The van der Waals surface area contributed by atoms with Crippen LogP contribution in [0.4, 0.5) is 0 Å². The van der Waals surface area contributed by atoms with Gasteiger partial charge in [0.2, 0.25) is 0 Å². The van der Waals surface area contributed by atoms with Gasteiger partial charge >= 0.3 is 0 Å². The summed E-state index contributed by atoms with van der Waals surface area (Å²) in [7, 11) is 0. The second-order valence-electron chi connectivity index (χ2n) is 20.3. The third-order valence-electron chi connectivity index (χ3n) is 16.4. The number of para-hydroxylation sites is 4. The minimum Gasteiger partial charge on any atom is -0.309 e. The normalized spacial score (nSPS) is 16.8. The highest BCUT2D eigenvalue weighted by molar-refractivity contribution is 6.10. The van der Waals surface area contributed by atoms with Gasteiger partial charge in [-0.15, -0.1) is 0 Å². The van der Waals surface area contributed by atoms with Crippen molar-refractivity contribution < 1.29 is 0 Å². The predicted octanol–water partition coefficient (Wildman–Crippen LogP) is 17.3. The summed E-state index contributed by atoms with van der Waals surface area (Å²) in [6.07, 6.45) is 10.2. The van der Waals surface area contributed by atoms with E-state index in [2.05, 4.69) is 230 Å². The highest BCUT2D eigenvalue weighted by Crippen LogP contribution is 2.66. The Bertz CT molecular complexity index is 3620. The van der Waals surface area contributed by atoms with Crippen molar-refractivity contribution in [3.8, 4) is 11.4 Å². The SMILES string of the molecule is CCCCc1ccc2c(c1)C1(c3ccc(-n4c5ccccc5c5ccccc54)cc3)c3ccc(CCCC)cc3C2(c2ccc(-n3c4ccccc4c4ccccc43)cc2)c2cc(CCCC)ccc21. The first kappa shape index (κ1) is 42.7. The molecule has 3 aliphatic carbocycles. The van der Waals surface area contributed by atoms with Gasteiger partial charge in [-0.1, -0.05) is 192 Å². The first-order chi connectivity index (χ1) is 34.6. The van der Waals surface area contributed by atoms with Gasteiger partial charge in [-0.05, 0) is 148 Å². The Balaban J connectivity index is 1.09. The van der Waals surface area contributed by atoms with Crippen molar-refractivity contribution in [2.24, 2.45) is 0 Å². The largest absolute Gasteiger partial charge is 0.309 e. The standard InChI is InChI=1S/C68H60N2/c1-4-7-18-46-31-42-59-60(43-46)67(49-32-36-51(37-33-49)69-63-25-14-10-21-53(63)54-22-11-15-26-64(54)69)57-40-29-47(19-8-5-2)44-61(57)68(59,62-45-48(20-9-6-3)30-41-58(62)67)50-34-38-52(39-35-50)70-65-27-16-12-23-55(65)56-24-13-17-28-66(56)70/h10-17,21-45H,4-9,18-20H2,1-3H3. The maximum absolute atomic E-state index is 2.64. The summed E-state index contributed by atoms with van der Waals surface area (Å²) < 4.78 is 4.92. The summed E-state index contributed by atoms with van der Waals surface area (Å²) in [5.41, 5.74) is 21.7. The zero-order valence-electron chi connectivity index (χ0n) is 40.8. The minimum atomic E-state index is -0.530. The summed E-state index contributed by atoms with van der Waals surface area (Å²) in [6.45, 7) is 6.95. The molecule has 2 nitrogen and oxygen atoms in total. The minimum absolute atomic E-state index is 0.529. The molecule has 14 rings (SSSR count). The van der Waals surface area contributed by atoms with E-state index in [4.69, 9.17) is 0 Å². The monoisotopic (exact) mass is 904 g/mol. The molecule has 3 aliphatic rings. The highest BCUT2D eigenvalue weighted by Gasteiger charge is 2.60. The number of benzene rings is 9. The molecule has 0 radical (unpaired) electrons. The van der Waals surface area contributed by atoms with Crippen molar-refractivity contribution in [1.82, 2.24) is 9.13 Å². The molecule has 0 fully saturated rings. The lowest BCUT2D eigenvalue weighted by atomic mass is 9.44. The number of hydrogen-bond donors (Lipinski definition) is 0. The summed E-state index contributed by atoms with van der Waals surface area (Å²) in [5.74, 6) is 0. The van der Waals surface area contributed by atoms with Crippen LogP contribution in [0.25, 0.3) is 55.0 Å². The number of aromatic nitrogens is 2. The number of nitrogens with zero attached hydrogens (tertiary/aromatic N) is 2. The van der Waals surface area contributed by atoms with Crippen molar-refractivity contribution in [2.75, 3.05) is 0 Å². The van der Waals surface area contributed by atoms with E-state index in [0.29, 0.717) is 0 Å². The van der Waals surface area contributed by atoms with Crippen molar-refractivity contribution in [2.45, 2.75) is 89.4 Å². The van der Waals surface area contributed by atoms with Gasteiger partial charge in [0.25, 0.3) is 0 Å². The molecule has 342 valence electrons. The summed E-state index contributed by atoms with van der Waals surface area (Å²) in [6, 6.07) is 78.0. The van der Waals surface area contributed by atoms with E-state index in [1.54, 1.807) is 0 Å². The molecule has 0 atom stereocenters. The quantitative estimate of drug-likeness (QED) is 0.109. The van der Waals surface area contributed by atoms with E-state index in [1.807, 2.05) is 0 Å². The lowest BCUT2D eigenvalue weighted by Crippen LogP contribution is -2.52. The maximum atomic E-state index is 2.64. The molecule has 0 saturated heterocycles. The number of hydrogen-bond acceptors (Lipinski definition) is 0. The van der Waals surface area contributed by atoms with Crippen LogP contribution in [0.2, 0.25) is 0 Å². The van der Waals surface area contributed by atoms with Gasteiger partial charge in [0.1, 0.15) is 0 Å². The third kappa shape index (κ3) is 6.11. The van der Waals surface area contributed by atoms with Crippen LogP contribution in [-0.4, -0.2) is 9.13 Å². The average Bonchev–Trinajstić information content (AvgIpc) is 3.94. The van der Waals surface area contributed by atoms with Gasteiger partial charge in [0.15, 0.2) is 0 Å². The fourth-order valence-corrected chi connectivity index (χ4v) is 13.2. The fourth-order valence-electron chi connectivity index (χ4n) is 13.2. The van der Waals surface area contributed by atoms with Crippen LogP contribution in [0.3, 0.4) is 0 Å². The zero-order valence-corrected chi connectivity index (χ0v) is 40.8. The lowest BCUT2D eigenvalue weighted by Gasteiger charge is -2.57. The second kappa shape index (κ2) is 16.9. The molecule has 2 aromatic heterocycles. The van der Waals surface area contributed by atoms with Gasteiger partial charge in [-0.25, -0.2) is 0 Å². The molecule has 0 amide bonds. The topological polar surface area (TPSA) is 9.86 Å². The van der Waals surface area contributed by atoms with Crippen LogP contribution in [0.1, 0.15) is 120 Å². The Morgan fingerprint density at radius 2 is 0.586 bits per heavy atom. The molecule has 0 spiro atoms. The Hall–Kier alpha value is -7.42. The molecule has 0 unspecified atom stereocenters. The van der Waals surface area contributed by atoms with E-state index in [0.717, 1.165) is 19.3 Å². The van der Waals surface area contributed by atoms with Gasteiger partial charge in [0, 0.05) is 32.9 Å². The molecule has 70 heavy (non-hydrogen) atoms. The Labute approximate surface area is 412 Å². The molecule has 0 N–H and O–H groups in total. The molecule has 2 heterocycles. The summed E-state index contributed by atoms with van der Waals surface area (Å²) >= 11 is 0. The van der Waals surface area contributed by atoms with Crippen LogP contribution < -0.4 is 0 Å². The van der Waals surface area contributed by atoms with Crippen molar-refractivity contribution >= 4 is 43.6 Å². The first-order valence-corrected chi connectivity index (χ1v) is 26.2. The Morgan fingerprint density at radius 3 is 0.886 bits per heavy atom. The molecule has 9 aromatic carbocycles.